The Morgan fingerprint density at radius 2 is 1.90 bits per heavy atom. The lowest BCUT2D eigenvalue weighted by molar-refractivity contribution is 0.407. The zero-order chi connectivity index (χ0) is 15.4. The fourth-order valence-corrected chi connectivity index (χ4v) is 2.00. The maximum atomic E-state index is 8.97. The molecule has 108 valence electrons. The molecule has 1 aromatic heterocycles. The van der Waals surface area contributed by atoms with Crippen LogP contribution in [-0.2, 0) is 0 Å². The van der Waals surface area contributed by atoms with Gasteiger partial charge >= 0.3 is 0 Å². The molecule has 0 aliphatic carbocycles. The Morgan fingerprint density at radius 3 is 2.52 bits per heavy atom. The highest BCUT2D eigenvalue weighted by molar-refractivity contribution is 6.36. The van der Waals surface area contributed by atoms with Gasteiger partial charge in [0.15, 0.2) is 5.82 Å². The Balaban J connectivity index is 2.40. The zero-order valence-corrected chi connectivity index (χ0v) is 12.4. The first kappa shape index (κ1) is 15.2. The van der Waals surface area contributed by atoms with Crippen LogP contribution in [0.4, 0.5) is 5.82 Å². The molecular weight excluding hydrogens is 315 g/mol. The Morgan fingerprint density at radius 1 is 1.19 bits per heavy atom. The number of aromatic nitrogens is 1. The Bertz CT molecular complexity index is 716. The van der Waals surface area contributed by atoms with Crippen molar-refractivity contribution in [3.05, 3.63) is 39.9 Å². The minimum Gasteiger partial charge on any atom is -0.497 e. The van der Waals surface area contributed by atoms with E-state index in [1.807, 2.05) is 6.07 Å². The van der Waals surface area contributed by atoms with E-state index in [2.05, 4.69) is 10.4 Å². The molecule has 0 aliphatic rings. The first-order valence-electron chi connectivity index (χ1n) is 5.67. The van der Waals surface area contributed by atoms with Crippen LogP contribution < -0.4 is 20.7 Å². The molecule has 0 fully saturated rings. The molecule has 3 N–H and O–H groups in total. The topological polar surface area (TPSA) is 93.2 Å². The van der Waals surface area contributed by atoms with Crippen molar-refractivity contribution in [1.82, 2.24) is 4.98 Å². The van der Waals surface area contributed by atoms with Crippen LogP contribution in [-0.4, -0.2) is 12.1 Å². The summed E-state index contributed by atoms with van der Waals surface area (Å²) in [6.45, 7) is 0. The van der Waals surface area contributed by atoms with Gasteiger partial charge in [0.05, 0.1) is 23.8 Å². The number of rotatable bonds is 4. The summed E-state index contributed by atoms with van der Waals surface area (Å²) in [5.74, 6) is 6.45. The molecular formula is C13H10Cl2N4O2. The molecule has 8 heteroatoms. The van der Waals surface area contributed by atoms with Crippen LogP contribution in [0, 0.1) is 11.3 Å². The van der Waals surface area contributed by atoms with E-state index in [9.17, 15) is 0 Å². The van der Waals surface area contributed by atoms with Crippen LogP contribution in [0.25, 0.3) is 0 Å². The minimum absolute atomic E-state index is 0.103. The molecule has 0 saturated heterocycles. The summed E-state index contributed by atoms with van der Waals surface area (Å²) in [7, 11) is 1.49. The Kier molecular flexibility index (Phi) is 4.70. The van der Waals surface area contributed by atoms with Crippen LogP contribution in [0.5, 0.6) is 17.4 Å². The fraction of sp³-hybridized carbons (Fsp3) is 0.0769. The fourth-order valence-electron chi connectivity index (χ4n) is 1.55. The van der Waals surface area contributed by atoms with Crippen LogP contribution >= 0.6 is 23.2 Å². The molecule has 0 amide bonds. The van der Waals surface area contributed by atoms with E-state index >= 15 is 0 Å². The normalized spacial score (nSPS) is 9.86. The summed E-state index contributed by atoms with van der Waals surface area (Å²) in [6.07, 6.45) is 0. The van der Waals surface area contributed by atoms with E-state index in [1.54, 1.807) is 12.1 Å². The van der Waals surface area contributed by atoms with Crippen molar-refractivity contribution in [1.29, 1.82) is 5.26 Å². The SMILES string of the molecule is COc1cc(C#N)cc(Oc2nc(NN)c(Cl)cc2Cl)c1. The average molecular weight is 325 g/mol. The van der Waals surface area contributed by atoms with Crippen LogP contribution in [0.2, 0.25) is 10.0 Å². The van der Waals surface area contributed by atoms with Gasteiger partial charge in [-0.1, -0.05) is 23.2 Å². The first-order valence-corrected chi connectivity index (χ1v) is 6.42. The van der Waals surface area contributed by atoms with E-state index < -0.39 is 0 Å². The number of nitrogen functional groups attached to an aromatic ring is 1. The summed E-state index contributed by atoms with van der Waals surface area (Å²) in [5, 5.41) is 9.45. The van der Waals surface area contributed by atoms with Crippen molar-refractivity contribution >= 4 is 29.0 Å². The number of halogens is 2. The summed E-state index contributed by atoms with van der Waals surface area (Å²) >= 11 is 11.9. The zero-order valence-electron chi connectivity index (χ0n) is 10.9. The highest BCUT2D eigenvalue weighted by Gasteiger charge is 2.12. The van der Waals surface area contributed by atoms with Crippen molar-refractivity contribution in [3.8, 4) is 23.4 Å². The maximum Gasteiger partial charge on any atom is 0.240 e. The van der Waals surface area contributed by atoms with E-state index in [0.29, 0.717) is 17.1 Å². The number of methoxy groups -OCH3 is 1. The second-order valence-corrected chi connectivity index (χ2v) is 4.68. The van der Waals surface area contributed by atoms with Gasteiger partial charge in [-0.3, -0.25) is 0 Å². The van der Waals surface area contributed by atoms with Gasteiger partial charge in [-0.25, -0.2) is 5.84 Å². The van der Waals surface area contributed by atoms with Crippen molar-refractivity contribution < 1.29 is 9.47 Å². The lowest BCUT2D eigenvalue weighted by atomic mass is 10.2. The number of nitrogens with one attached hydrogen (secondary N) is 1. The van der Waals surface area contributed by atoms with E-state index in [-0.39, 0.29) is 21.7 Å². The van der Waals surface area contributed by atoms with Gasteiger partial charge in [0.2, 0.25) is 5.88 Å². The molecule has 2 aromatic rings. The summed E-state index contributed by atoms with van der Waals surface area (Å²) in [5.41, 5.74) is 2.72. The van der Waals surface area contributed by atoms with Gasteiger partial charge in [-0.05, 0) is 18.2 Å². The van der Waals surface area contributed by atoms with Gasteiger partial charge in [-0.15, -0.1) is 0 Å². The third-order valence-electron chi connectivity index (χ3n) is 2.49. The molecule has 1 aromatic carbocycles. The summed E-state index contributed by atoms with van der Waals surface area (Å²) in [6, 6.07) is 8.17. The largest absolute Gasteiger partial charge is 0.497 e. The molecule has 2 rings (SSSR count). The lowest BCUT2D eigenvalue weighted by Gasteiger charge is -2.11. The first-order chi connectivity index (χ1) is 10.1. The standard InChI is InChI=1S/C13H10Cl2N4O2/c1-20-8-2-7(6-16)3-9(4-8)21-13-11(15)5-10(14)12(18-13)19-17/h2-5H,17H2,1H3,(H,18,19). The number of hydrogen-bond donors (Lipinski definition) is 2. The van der Waals surface area contributed by atoms with E-state index in [1.165, 1.54) is 19.2 Å². The van der Waals surface area contributed by atoms with Crippen LogP contribution in [0.3, 0.4) is 0 Å². The quantitative estimate of drug-likeness (QED) is 0.661. The van der Waals surface area contributed by atoms with Crippen LogP contribution in [0.1, 0.15) is 5.56 Å². The van der Waals surface area contributed by atoms with Gasteiger partial charge in [-0.2, -0.15) is 10.2 Å². The van der Waals surface area contributed by atoms with Crippen molar-refractivity contribution in [2.24, 2.45) is 5.84 Å². The maximum absolute atomic E-state index is 8.97. The molecule has 0 spiro atoms. The smallest absolute Gasteiger partial charge is 0.240 e. The number of hydrazine groups is 1. The minimum atomic E-state index is 0.103. The number of benzene rings is 1. The second kappa shape index (κ2) is 6.50. The predicted octanol–water partition coefficient (Wildman–Crippen LogP) is 3.35. The molecule has 0 saturated carbocycles. The highest BCUT2D eigenvalue weighted by atomic mass is 35.5. The highest BCUT2D eigenvalue weighted by Crippen LogP contribution is 2.34. The summed E-state index contributed by atoms with van der Waals surface area (Å²) in [4.78, 5) is 4.05. The third-order valence-corrected chi connectivity index (χ3v) is 3.05. The molecule has 6 nitrogen and oxygen atoms in total. The predicted molar refractivity (Wildman–Crippen MR) is 79.9 cm³/mol. The second-order valence-electron chi connectivity index (χ2n) is 3.86. The molecule has 0 unspecified atom stereocenters. The molecule has 0 atom stereocenters. The number of pyridine rings is 1. The average Bonchev–Trinajstić information content (AvgIpc) is 2.49. The number of nitriles is 1. The Hall–Kier alpha value is -2.20. The lowest BCUT2D eigenvalue weighted by Crippen LogP contribution is -2.09. The monoisotopic (exact) mass is 324 g/mol. The molecule has 0 aliphatic heterocycles. The third kappa shape index (κ3) is 3.47. The van der Waals surface area contributed by atoms with E-state index in [4.69, 9.17) is 43.8 Å². The number of nitrogens with zero attached hydrogens (tertiary/aromatic N) is 2. The van der Waals surface area contributed by atoms with Gasteiger partial charge in [0.25, 0.3) is 0 Å². The number of anilines is 1. The van der Waals surface area contributed by atoms with Gasteiger partial charge < -0.3 is 14.9 Å². The van der Waals surface area contributed by atoms with Gasteiger partial charge in [0.1, 0.15) is 16.5 Å². The number of ether oxygens (including phenoxy) is 2. The van der Waals surface area contributed by atoms with E-state index in [0.717, 1.165) is 0 Å². The molecule has 0 bridgehead atoms. The van der Waals surface area contributed by atoms with Crippen LogP contribution in [0.15, 0.2) is 24.3 Å². The van der Waals surface area contributed by atoms with Crippen molar-refractivity contribution in [2.45, 2.75) is 0 Å². The Labute approximate surface area is 131 Å². The molecule has 21 heavy (non-hydrogen) atoms. The van der Waals surface area contributed by atoms with Crippen molar-refractivity contribution in [3.63, 3.8) is 0 Å². The summed E-state index contributed by atoms with van der Waals surface area (Å²) < 4.78 is 10.7. The molecule has 0 radical (unpaired) electrons. The number of nitrogens with two attached hydrogens (primary N) is 1. The van der Waals surface area contributed by atoms with Gasteiger partial charge in [0, 0.05) is 6.07 Å². The number of hydrogen-bond acceptors (Lipinski definition) is 6. The van der Waals surface area contributed by atoms with Crippen molar-refractivity contribution in [2.75, 3.05) is 12.5 Å². The molecule has 1 heterocycles.